The van der Waals surface area contributed by atoms with Crippen LogP contribution in [0.2, 0.25) is 0 Å². The first-order valence-electron chi connectivity index (χ1n) is 7.68. The van der Waals surface area contributed by atoms with Crippen molar-refractivity contribution < 1.29 is 21.9 Å². The summed E-state index contributed by atoms with van der Waals surface area (Å²) in [7, 11) is -3.93. The molecular weight excluding hydrogens is 336 g/mol. The number of piperidine rings is 1. The van der Waals surface area contributed by atoms with Crippen molar-refractivity contribution in [1.82, 2.24) is 5.32 Å². The van der Waals surface area contributed by atoms with Gasteiger partial charge >= 0.3 is 0 Å². The Morgan fingerprint density at radius 3 is 2.58 bits per heavy atom. The third-order valence-corrected chi connectivity index (χ3v) is 6.35. The van der Waals surface area contributed by atoms with Crippen molar-refractivity contribution in [2.24, 2.45) is 0 Å². The number of fused-ring (bicyclic) bond motifs is 3. The average molecular weight is 351 g/mol. The van der Waals surface area contributed by atoms with Crippen molar-refractivity contribution in [2.75, 3.05) is 13.1 Å². The first-order valence-corrected chi connectivity index (χ1v) is 9.16. The van der Waals surface area contributed by atoms with Crippen LogP contribution in [-0.2, 0) is 9.84 Å². The van der Waals surface area contributed by atoms with Gasteiger partial charge in [0.15, 0.2) is 11.6 Å². The number of hydrogen-bond acceptors (Lipinski definition) is 4. The molecule has 0 radical (unpaired) electrons. The van der Waals surface area contributed by atoms with Crippen LogP contribution < -0.4 is 10.1 Å². The van der Waals surface area contributed by atoms with Gasteiger partial charge in [0, 0.05) is 18.0 Å². The molecule has 0 aromatic heterocycles. The highest BCUT2D eigenvalue weighted by Gasteiger charge is 2.36. The Balaban J connectivity index is 1.74. The van der Waals surface area contributed by atoms with Gasteiger partial charge in [-0.3, -0.25) is 0 Å². The summed E-state index contributed by atoms with van der Waals surface area (Å²) in [6.07, 6.45) is 0.947. The van der Waals surface area contributed by atoms with Gasteiger partial charge in [-0.1, -0.05) is 6.07 Å². The zero-order valence-corrected chi connectivity index (χ0v) is 13.4. The molecule has 2 aromatic carbocycles. The lowest BCUT2D eigenvalue weighted by atomic mass is 9.90. The van der Waals surface area contributed by atoms with Crippen LogP contribution in [0.15, 0.2) is 46.2 Å². The summed E-state index contributed by atoms with van der Waals surface area (Å²) in [6, 6.07) is 7.31. The number of rotatable bonds is 2. The van der Waals surface area contributed by atoms with Crippen LogP contribution in [-0.4, -0.2) is 27.6 Å². The van der Waals surface area contributed by atoms with E-state index in [2.05, 4.69) is 5.32 Å². The highest BCUT2D eigenvalue weighted by Crippen LogP contribution is 2.42. The molecule has 0 bridgehead atoms. The summed E-state index contributed by atoms with van der Waals surface area (Å²) < 4.78 is 57.6. The first kappa shape index (κ1) is 15.5. The Kier molecular flexibility index (Phi) is 3.58. The molecule has 4 nitrogen and oxygen atoms in total. The maximum Gasteiger partial charge on any atom is 0.206 e. The third kappa shape index (κ3) is 2.39. The van der Waals surface area contributed by atoms with Gasteiger partial charge in [0.1, 0.15) is 11.9 Å². The Bertz CT molecular complexity index is 914. The van der Waals surface area contributed by atoms with Crippen LogP contribution in [0.5, 0.6) is 5.75 Å². The first-order chi connectivity index (χ1) is 11.5. The molecule has 4 rings (SSSR count). The topological polar surface area (TPSA) is 55.4 Å². The van der Waals surface area contributed by atoms with Gasteiger partial charge in [-0.15, -0.1) is 0 Å². The van der Waals surface area contributed by atoms with Gasteiger partial charge in [0.2, 0.25) is 9.84 Å². The fourth-order valence-corrected chi connectivity index (χ4v) is 4.63. The zero-order valence-electron chi connectivity index (χ0n) is 12.6. The molecule has 0 amide bonds. The lowest BCUT2D eigenvalue weighted by molar-refractivity contribution is 0.176. The highest BCUT2D eigenvalue weighted by atomic mass is 32.2. The van der Waals surface area contributed by atoms with Gasteiger partial charge in [0.05, 0.1) is 9.79 Å². The molecular formula is C17H15F2NO3S. The molecule has 2 aliphatic rings. The predicted molar refractivity (Wildman–Crippen MR) is 82.9 cm³/mol. The molecule has 126 valence electrons. The van der Waals surface area contributed by atoms with Gasteiger partial charge in [0.25, 0.3) is 0 Å². The molecule has 0 spiro atoms. The van der Waals surface area contributed by atoms with Crippen LogP contribution in [0.3, 0.4) is 0 Å². The van der Waals surface area contributed by atoms with E-state index >= 15 is 0 Å². The number of benzene rings is 2. The molecule has 2 heterocycles. The van der Waals surface area contributed by atoms with E-state index in [-0.39, 0.29) is 21.8 Å². The number of sulfone groups is 1. The third-order valence-electron chi connectivity index (χ3n) is 4.60. The molecule has 2 unspecified atom stereocenters. The Labute approximate surface area is 138 Å². The SMILES string of the molecule is O=S(=O)(c1ccc(F)c(F)c1)c1ccc2c(c1)OC1CNCCC21. The van der Waals surface area contributed by atoms with E-state index in [1.807, 2.05) is 0 Å². The molecule has 24 heavy (non-hydrogen) atoms. The van der Waals surface area contributed by atoms with Crippen LogP contribution in [0.4, 0.5) is 8.78 Å². The summed E-state index contributed by atoms with van der Waals surface area (Å²) in [6.45, 7) is 1.63. The van der Waals surface area contributed by atoms with Gasteiger partial charge in [-0.25, -0.2) is 17.2 Å². The normalized spacial score (nSPS) is 22.6. The van der Waals surface area contributed by atoms with Gasteiger partial charge in [-0.05, 0) is 43.3 Å². The summed E-state index contributed by atoms with van der Waals surface area (Å²) in [5, 5.41) is 3.25. The monoisotopic (exact) mass is 351 g/mol. The number of ether oxygens (including phenoxy) is 1. The summed E-state index contributed by atoms with van der Waals surface area (Å²) >= 11 is 0. The largest absolute Gasteiger partial charge is 0.488 e. The minimum Gasteiger partial charge on any atom is -0.488 e. The van der Waals surface area contributed by atoms with Crippen molar-refractivity contribution in [3.05, 3.63) is 53.6 Å². The second-order valence-electron chi connectivity index (χ2n) is 6.03. The molecule has 2 aliphatic heterocycles. The van der Waals surface area contributed by atoms with Gasteiger partial charge in [-0.2, -0.15) is 0 Å². The van der Waals surface area contributed by atoms with E-state index in [4.69, 9.17) is 4.74 Å². The molecule has 1 saturated heterocycles. The minimum absolute atomic E-state index is 0.00923. The number of halogens is 2. The zero-order chi connectivity index (χ0) is 16.9. The Morgan fingerprint density at radius 2 is 1.79 bits per heavy atom. The summed E-state index contributed by atoms with van der Waals surface area (Å²) in [5.41, 5.74) is 1.01. The van der Waals surface area contributed by atoms with Crippen molar-refractivity contribution in [2.45, 2.75) is 28.2 Å². The molecule has 2 atom stereocenters. The van der Waals surface area contributed by atoms with Crippen molar-refractivity contribution in [3.63, 3.8) is 0 Å². The van der Waals surface area contributed by atoms with E-state index in [1.165, 1.54) is 12.1 Å². The van der Waals surface area contributed by atoms with Crippen molar-refractivity contribution in [3.8, 4) is 5.75 Å². The molecule has 7 heteroatoms. The van der Waals surface area contributed by atoms with E-state index in [0.29, 0.717) is 11.8 Å². The maximum absolute atomic E-state index is 13.4. The van der Waals surface area contributed by atoms with Crippen LogP contribution in [0.25, 0.3) is 0 Å². The van der Waals surface area contributed by atoms with Gasteiger partial charge < -0.3 is 10.1 Å². The Hall–Kier alpha value is -1.99. The maximum atomic E-state index is 13.4. The molecule has 1 N–H and O–H groups in total. The minimum atomic E-state index is -3.93. The van der Waals surface area contributed by atoms with Crippen LogP contribution >= 0.6 is 0 Å². The fourth-order valence-electron chi connectivity index (χ4n) is 3.34. The number of nitrogens with one attached hydrogen (secondary N) is 1. The highest BCUT2D eigenvalue weighted by molar-refractivity contribution is 7.91. The second kappa shape index (κ2) is 5.53. The quantitative estimate of drug-likeness (QED) is 0.845. The number of hydrogen-bond donors (Lipinski definition) is 1. The molecule has 0 aliphatic carbocycles. The fraction of sp³-hybridized carbons (Fsp3) is 0.294. The molecule has 1 fully saturated rings. The molecule has 0 saturated carbocycles. The van der Waals surface area contributed by atoms with E-state index in [9.17, 15) is 17.2 Å². The molecule has 2 aromatic rings. The van der Waals surface area contributed by atoms with E-state index in [0.717, 1.165) is 37.2 Å². The second-order valence-corrected chi connectivity index (χ2v) is 7.98. The van der Waals surface area contributed by atoms with Crippen LogP contribution in [0, 0.1) is 11.6 Å². The standard InChI is InChI=1S/C17H15F2NO3S/c18-14-4-2-10(7-15(14)19)24(21,22)11-1-3-12-13-5-6-20-9-17(13)23-16(12)8-11/h1-4,7-8,13,17,20H,5-6,9H2. The Morgan fingerprint density at radius 1 is 1.04 bits per heavy atom. The summed E-state index contributed by atoms with van der Waals surface area (Å²) in [5.74, 6) is -1.45. The predicted octanol–water partition coefficient (Wildman–Crippen LogP) is 2.64. The average Bonchev–Trinajstić information content (AvgIpc) is 2.95. The summed E-state index contributed by atoms with van der Waals surface area (Å²) in [4.78, 5) is -0.266. The smallest absolute Gasteiger partial charge is 0.206 e. The van der Waals surface area contributed by atoms with Crippen LogP contribution in [0.1, 0.15) is 17.9 Å². The lowest BCUT2D eigenvalue weighted by Crippen LogP contribution is -2.39. The van der Waals surface area contributed by atoms with Crippen molar-refractivity contribution in [1.29, 1.82) is 0 Å². The van der Waals surface area contributed by atoms with Crippen molar-refractivity contribution >= 4 is 9.84 Å². The van der Waals surface area contributed by atoms with E-state index in [1.54, 1.807) is 6.07 Å². The van der Waals surface area contributed by atoms with E-state index < -0.39 is 21.5 Å². The lowest BCUT2D eigenvalue weighted by Gasteiger charge is -2.24.